The highest BCUT2D eigenvalue weighted by molar-refractivity contribution is 5.10. The van der Waals surface area contributed by atoms with Crippen LogP contribution in [0.4, 0.5) is 4.39 Å². The zero-order valence-electron chi connectivity index (χ0n) is 8.82. The predicted molar refractivity (Wildman–Crippen MR) is 57.7 cm³/mol. The van der Waals surface area contributed by atoms with Crippen LogP contribution in [0, 0.1) is 11.7 Å². The second kappa shape index (κ2) is 4.71. The van der Waals surface area contributed by atoms with Crippen molar-refractivity contribution in [3.05, 3.63) is 29.8 Å². The van der Waals surface area contributed by atoms with Crippen LogP contribution in [0.25, 0.3) is 0 Å². The Balaban J connectivity index is 2.05. The van der Waals surface area contributed by atoms with Gasteiger partial charge < -0.3 is 5.73 Å². The van der Waals surface area contributed by atoms with Gasteiger partial charge in [-0.05, 0) is 30.9 Å². The summed E-state index contributed by atoms with van der Waals surface area (Å²) < 4.78 is 12.7. The molecule has 2 rings (SSSR count). The number of pyridine rings is 1. The third kappa shape index (κ3) is 2.53. The van der Waals surface area contributed by atoms with Gasteiger partial charge in [-0.15, -0.1) is 0 Å². The van der Waals surface area contributed by atoms with Gasteiger partial charge in [0.15, 0.2) is 0 Å². The van der Waals surface area contributed by atoms with Crippen LogP contribution in [0.2, 0.25) is 0 Å². The Morgan fingerprint density at radius 3 is 2.60 bits per heavy atom. The first-order chi connectivity index (χ1) is 7.27. The van der Waals surface area contributed by atoms with Crippen molar-refractivity contribution in [3.8, 4) is 0 Å². The first kappa shape index (κ1) is 10.6. The lowest BCUT2D eigenvalue weighted by molar-refractivity contribution is 0.304. The summed E-state index contributed by atoms with van der Waals surface area (Å²) in [6.07, 6.45) is 7.46. The van der Waals surface area contributed by atoms with Crippen LogP contribution in [-0.2, 0) is 0 Å². The standard InChI is InChI=1S/C12H17FN2/c13-10-6-7-11(15-8-10)12(14)9-4-2-1-3-5-9/h6-9,12H,1-5,14H2. The minimum absolute atomic E-state index is 0.0223. The van der Waals surface area contributed by atoms with Crippen LogP contribution in [0.1, 0.15) is 43.8 Å². The quantitative estimate of drug-likeness (QED) is 0.811. The zero-order valence-corrected chi connectivity index (χ0v) is 8.82. The monoisotopic (exact) mass is 208 g/mol. The van der Waals surface area contributed by atoms with Gasteiger partial charge in [0, 0.05) is 6.04 Å². The van der Waals surface area contributed by atoms with Crippen molar-refractivity contribution in [2.45, 2.75) is 38.1 Å². The van der Waals surface area contributed by atoms with E-state index in [0.717, 1.165) is 5.69 Å². The number of rotatable bonds is 2. The molecule has 3 heteroatoms. The number of nitrogens with two attached hydrogens (primary N) is 1. The molecule has 1 aliphatic carbocycles. The fourth-order valence-electron chi connectivity index (χ4n) is 2.32. The SMILES string of the molecule is NC(c1ccc(F)cn1)C1CCCCC1. The maximum Gasteiger partial charge on any atom is 0.141 e. The van der Waals surface area contributed by atoms with Crippen molar-refractivity contribution in [2.75, 3.05) is 0 Å². The lowest BCUT2D eigenvalue weighted by Crippen LogP contribution is -2.24. The molecule has 15 heavy (non-hydrogen) atoms. The van der Waals surface area contributed by atoms with Crippen LogP contribution in [-0.4, -0.2) is 4.98 Å². The predicted octanol–water partition coefficient (Wildman–Crippen LogP) is 2.80. The lowest BCUT2D eigenvalue weighted by Gasteiger charge is -2.26. The average molecular weight is 208 g/mol. The topological polar surface area (TPSA) is 38.9 Å². The third-order valence-corrected chi connectivity index (χ3v) is 3.25. The second-order valence-electron chi connectivity index (χ2n) is 4.33. The first-order valence-electron chi connectivity index (χ1n) is 5.64. The largest absolute Gasteiger partial charge is 0.322 e. The molecule has 1 aromatic rings. The zero-order chi connectivity index (χ0) is 10.7. The molecule has 0 saturated heterocycles. The Morgan fingerprint density at radius 2 is 2.00 bits per heavy atom. The fourth-order valence-corrected chi connectivity index (χ4v) is 2.32. The van der Waals surface area contributed by atoms with Gasteiger partial charge >= 0.3 is 0 Å². The number of hydrogen-bond acceptors (Lipinski definition) is 2. The van der Waals surface area contributed by atoms with Gasteiger partial charge in [0.2, 0.25) is 0 Å². The van der Waals surface area contributed by atoms with Gasteiger partial charge in [-0.3, -0.25) is 4.98 Å². The van der Waals surface area contributed by atoms with E-state index >= 15 is 0 Å². The van der Waals surface area contributed by atoms with E-state index in [1.54, 1.807) is 6.07 Å². The summed E-state index contributed by atoms with van der Waals surface area (Å²) in [6, 6.07) is 3.12. The Morgan fingerprint density at radius 1 is 1.27 bits per heavy atom. The van der Waals surface area contributed by atoms with Crippen molar-refractivity contribution in [1.29, 1.82) is 0 Å². The molecule has 2 nitrogen and oxygen atoms in total. The molecule has 1 unspecified atom stereocenters. The number of hydrogen-bond donors (Lipinski definition) is 1. The molecular weight excluding hydrogens is 191 g/mol. The molecule has 0 radical (unpaired) electrons. The van der Waals surface area contributed by atoms with E-state index in [2.05, 4.69) is 4.98 Å². The summed E-state index contributed by atoms with van der Waals surface area (Å²) in [7, 11) is 0. The van der Waals surface area contributed by atoms with E-state index in [-0.39, 0.29) is 11.9 Å². The van der Waals surface area contributed by atoms with Crippen molar-refractivity contribution < 1.29 is 4.39 Å². The summed E-state index contributed by atoms with van der Waals surface area (Å²) in [5, 5.41) is 0. The molecule has 1 fully saturated rings. The third-order valence-electron chi connectivity index (χ3n) is 3.25. The van der Waals surface area contributed by atoms with Crippen LogP contribution < -0.4 is 5.73 Å². The summed E-state index contributed by atoms with van der Waals surface area (Å²) in [4.78, 5) is 4.05. The van der Waals surface area contributed by atoms with Gasteiger partial charge in [0.1, 0.15) is 5.82 Å². The molecule has 2 N–H and O–H groups in total. The van der Waals surface area contributed by atoms with E-state index < -0.39 is 0 Å². The van der Waals surface area contributed by atoms with Gasteiger partial charge in [-0.1, -0.05) is 19.3 Å². The second-order valence-corrected chi connectivity index (χ2v) is 4.33. The minimum Gasteiger partial charge on any atom is -0.322 e. The number of halogens is 1. The van der Waals surface area contributed by atoms with Gasteiger partial charge in [0.05, 0.1) is 11.9 Å². The molecule has 0 amide bonds. The molecule has 1 aromatic heterocycles. The van der Waals surface area contributed by atoms with Crippen LogP contribution in [0.15, 0.2) is 18.3 Å². The molecule has 1 aliphatic rings. The molecule has 1 heterocycles. The molecule has 0 bridgehead atoms. The Hall–Kier alpha value is -0.960. The Kier molecular flexibility index (Phi) is 3.31. The smallest absolute Gasteiger partial charge is 0.141 e. The van der Waals surface area contributed by atoms with Crippen molar-refractivity contribution in [2.24, 2.45) is 11.7 Å². The summed E-state index contributed by atoms with van der Waals surface area (Å²) in [6.45, 7) is 0. The molecule has 1 saturated carbocycles. The molecule has 82 valence electrons. The van der Waals surface area contributed by atoms with E-state index in [9.17, 15) is 4.39 Å². The maximum absolute atomic E-state index is 12.7. The summed E-state index contributed by atoms with van der Waals surface area (Å²) in [5.74, 6) is 0.228. The average Bonchev–Trinajstić information content (AvgIpc) is 2.30. The van der Waals surface area contributed by atoms with Gasteiger partial charge in [0.25, 0.3) is 0 Å². The minimum atomic E-state index is -0.297. The van der Waals surface area contributed by atoms with Gasteiger partial charge in [-0.2, -0.15) is 0 Å². The highest BCUT2D eigenvalue weighted by atomic mass is 19.1. The van der Waals surface area contributed by atoms with E-state index in [1.807, 2.05) is 0 Å². The molecule has 0 aliphatic heterocycles. The molecule has 0 aromatic carbocycles. The maximum atomic E-state index is 12.7. The number of aromatic nitrogens is 1. The molecule has 0 spiro atoms. The summed E-state index contributed by atoms with van der Waals surface area (Å²) in [5.41, 5.74) is 6.96. The van der Waals surface area contributed by atoms with Crippen molar-refractivity contribution >= 4 is 0 Å². The highest BCUT2D eigenvalue weighted by Gasteiger charge is 2.22. The lowest BCUT2D eigenvalue weighted by atomic mass is 9.83. The van der Waals surface area contributed by atoms with E-state index in [0.29, 0.717) is 5.92 Å². The van der Waals surface area contributed by atoms with E-state index in [1.165, 1.54) is 44.4 Å². The Labute approximate surface area is 89.7 Å². The Bertz CT molecular complexity index is 304. The van der Waals surface area contributed by atoms with Crippen molar-refractivity contribution in [1.82, 2.24) is 4.98 Å². The summed E-state index contributed by atoms with van der Waals surface area (Å²) >= 11 is 0. The van der Waals surface area contributed by atoms with Crippen LogP contribution in [0.5, 0.6) is 0 Å². The number of nitrogens with zero attached hydrogens (tertiary/aromatic N) is 1. The van der Waals surface area contributed by atoms with Gasteiger partial charge in [-0.25, -0.2) is 4.39 Å². The molecule has 1 atom stereocenters. The first-order valence-corrected chi connectivity index (χ1v) is 5.64. The fraction of sp³-hybridized carbons (Fsp3) is 0.583. The highest BCUT2D eigenvalue weighted by Crippen LogP contribution is 2.31. The van der Waals surface area contributed by atoms with Crippen LogP contribution >= 0.6 is 0 Å². The van der Waals surface area contributed by atoms with Crippen LogP contribution in [0.3, 0.4) is 0 Å². The molecular formula is C12H17FN2. The van der Waals surface area contributed by atoms with Crippen molar-refractivity contribution in [3.63, 3.8) is 0 Å². The van der Waals surface area contributed by atoms with E-state index in [4.69, 9.17) is 5.73 Å². The normalized spacial score (nSPS) is 20.1.